The summed E-state index contributed by atoms with van der Waals surface area (Å²) in [7, 11) is 2.69. The molecule has 1 atom stereocenters. The van der Waals surface area contributed by atoms with E-state index in [1.807, 2.05) is 48.5 Å². The van der Waals surface area contributed by atoms with E-state index < -0.39 is 12.0 Å². The number of aromatic nitrogens is 1. The normalized spacial score (nSPS) is 11.2. The molecular formula is C27H36N2O7. The second kappa shape index (κ2) is 14.5. The highest BCUT2D eigenvalue weighted by atomic mass is 16.6. The number of aromatic amines is 1. The summed E-state index contributed by atoms with van der Waals surface area (Å²) < 4.78 is 15.0. The molecule has 3 rings (SSSR count). The fourth-order valence-corrected chi connectivity index (χ4v) is 3.62. The molecule has 0 amide bonds. The van der Waals surface area contributed by atoms with Crippen LogP contribution in [0.1, 0.15) is 50.9 Å². The summed E-state index contributed by atoms with van der Waals surface area (Å²) in [6.07, 6.45) is 1.85. The number of esters is 2. The Morgan fingerprint density at radius 2 is 1.72 bits per heavy atom. The molecule has 0 saturated carbocycles. The third-order valence-electron chi connectivity index (χ3n) is 5.87. The highest BCUT2D eigenvalue weighted by Gasteiger charge is 2.18. The first kappa shape index (κ1) is 28.4. The zero-order valence-corrected chi connectivity index (χ0v) is 21.2. The number of ether oxygens (including phenoxy) is 3. The molecule has 196 valence electrons. The second-order valence-corrected chi connectivity index (χ2v) is 8.25. The lowest BCUT2D eigenvalue weighted by molar-refractivity contribution is -0.523. The molecule has 9 heteroatoms. The maximum Gasteiger partial charge on any atom is 0.305 e. The number of nitrogens with zero attached hydrogens (tertiary/aromatic N) is 1. The first-order valence-corrected chi connectivity index (χ1v) is 11.8. The summed E-state index contributed by atoms with van der Waals surface area (Å²) in [6, 6.07) is 15.5. The number of hydrogen-bond donors (Lipinski definition) is 1. The lowest BCUT2D eigenvalue weighted by Gasteiger charge is -2.06. The van der Waals surface area contributed by atoms with Crippen LogP contribution in [0.25, 0.3) is 10.9 Å². The highest BCUT2D eigenvalue weighted by Crippen LogP contribution is 2.27. The Balaban J connectivity index is 0.000000451. The van der Waals surface area contributed by atoms with Gasteiger partial charge in [0.2, 0.25) is 6.04 Å². The number of fused-ring (bicyclic) bond motifs is 1. The summed E-state index contributed by atoms with van der Waals surface area (Å²) in [5, 5.41) is 11.4. The molecule has 9 nitrogen and oxygen atoms in total. The fourth-order valence-electron chi connectivity index (χ4n) is 3.62. The van der Waals surface area contributed by atoms with E-state index in [4.69, 9.17) is 9.47 Å². The van der Waals surface area contributed by atoms with Crippen molar-refractivity contribution < 1.29 is 30.1 Å². The van der Waals surface area contributed by atoms with Crippen LogP contribution >= 0.6 is 0 Å². The van der Waals surface area contributed by atoms with Crippen LogP contribution in [0.5, 0.6) is 5.75 Å². The van der Waals surface area contributed by atoms with Gasteiger partial charge in [0, 0.05) is 35.8 Å². The topological polar surface area (TPSA) is 121 Å². The number of benzene rings is 2. The summed E-state index contributed by atoms with van der Waals surface area (Å²) in [5.74, 6) is 0.253. The largest absolute Gasteiger partial charge is 0.489 e. The first-order valence-electron chi connectivity index (χ1n) is 11.8. The van der Waals surface area contributed by atoms with Crippen molar-refractivity contribution in [3.8, 4) is 5.75 Å². The monoisotopic (exact) mass is 500 g/mol. The average Bonchev–Trinajstić information content (AvgIpc) is 3.21. The van der Waals surface area contributed by atoms with Crippen LogP contribution in [0.2, 0.25) is 0 Å². The number of nitrogens with one attached hydrogen (secondary N) is 1. The molecular weight excluding hydrogens is 464 g/mol. The van der Waals surface area contributed by atoms with Crippen LogP contribution < -0.4 is 4.74 Å². The second-order valence-electron chi connectivity index (χ2n) is 8.25. The lowest BCUT2D eigenvalue weighted by atomic mass is 10.1. The molecule has 2 aromatic carbocycles. The predicted octanol–water partition coefficient (Wildman–Crippen LogP) is 5.40. The third kappa shape index (κ3) is 8.72. The van der Waals surface area contributed by atoms with Crippen molar-refractivity contribution in [2.75, 3.05) is 14.2 Å². The van der Waals surface area contributed by atoms with Gasteiger partial charge in [-0.3, -0.25) is 19.7 Å². The van der Waals surface area contributed by atoms with Gasteiger partial charge in [-0.05, 0) is 42.7 Å². The number of carbonyl (C=O) groups is 2. The lowest BCUT2D eigenvalue weighted by Crippen LogP contribution is -2.19. The number of nitro groups is 1. The minimum atomic E-state index is -0.621. The standard InChI is InChI=1S/C20H21NO3.C7H13NO4.H2/c1-14-17-12-16(24-13-15-6-4-3-5-7-15)8-9-19(17)21-18(14)10-11-20(22)23-2;1-3-6(8(10)11)4-5-7(9)12-2;/h3-9,12,21H,10-11,13H2,1-2H3;6H,3-5H2,1-2H3;1H. The average molecular weight is 501 g/mol. The summed E-state index contributed by atoms with van der Waals surface area (Å²) in [5.41, 5.74) is 4.41. The minimum Gasteiger partial charge on any atom is -0.489 e. The molecule has 36 heavy (non-hydrogen) atoms. The molecule has 3 aromatic rings. The maximum absolute atomic E-state index is 11.3. The van der Waals surface area contributed by atoms with Crippen LogP contribution in [-0.4, -0.2) is 42.1 Å². The van der Waals surface area contributed by atoms with Crippen LogP contribution in [-0.2, 0) is 32.1 Å². The molecule has 0 bridgehead atoms. The van der Waals surface area contributed by atoms with E-state index in [-0.39, 0.29) is 25.2 Å². The predicted molar refractivity (Wildman–Crippen MR) is 139 cm³/mol. The van der Waals surface area contributed by atoms with Gasteiger partial charge in [-0.1, -0.05) is 37.3 Å². The Bertz CT molecular complexity index is 1150. The quantitative estimate of drug-likeness (QED) is 0.212. The van der Waals surface area contributed by atoms with Crippen molar-refractivity contribution in [3.63, 3.8) is 0 Å². The SMILES string of the molecule is CCC(CCC(=O)OC)[N+](=O)[O-].COC(=O)CCc1[nH]c2ccc(OCc3ccccc3)cc2c1C.[HH]. The van der Waals surface area contributed by atoms with E-state index in [1.54, 1.807) is 6.92 Å². The van der Waals surface area contributed by atoms with Gasteiger partial charge in [-0.2, -0.15) is 0 Å². The molecule has 0 fully saturated rings. The Labute approximate surface area is 212 Å². The maximum atomic E-state index is 11.3. The first-order chi connectivity index (χ1) is 17.3. The van der Waals surface area contributed by atoms with E-state index in [9.17, 15) is 19.7 Å². The Morgan fingerprint density at radius 3 is 2.33 bits per heavy atom. The van der Waals surface area contributed by atoms with Gasteiger partial charge in [0.15, 0.2) is 0 Å². The number of carbonyl (C=O) groups excluding carboxylic acids is 2. The van der Waals surface area contributed by atoms with Crippen LogP contribution in [0, 0.1) is 17.0 Å². The van der Waals surface area contributed by atoms with Gasteiger partial charge in [-0.25, -0.2) is 0 Å². The zero-order valence-electron chi connectivity index (χ0n) is 21.2. The Hall–Kier alpha value is -3.88. The van der Waals surface area contributed by atoms with Crippen LogP contribution in [0.3, 0.4) is 0 Å². The van der Waals surface area contributed by atoms with E-state index in [0.29, 0.717) is 25.9 Å². The Morgan fingerprint density at radius 1 is 1.06 bits per heavy atom. The number of aryl methyl sites for hydroxylation is 2. The van der Waals surface area contributed by atoms with Gasteiger partial charge < -0.3 is 19.2 Å². The van der Waals surface area contributed by atoms with E-state index in [0.717, 1.165) is 33.5 Å². The van der Waals surface area contributed by atoms with Crippen LogP contribution in [0.15, 0.2) is 48.5 Å². The molecule has 1 N–H and O–H groups in total. The molecule has 0 aliphatic rings. The Kier molecular flexibility index (Phi) is 11.4. The summed E-state index contributed by atoms with van der Waals surface area (Å²) in [4.78, 5) is 35.2. The van der Waals surface area contributed by atoms with Crippen LogP contribution in [0.4, 0.5) is 0 Å². The minimum absolute atomic E-state index is 0. The number of rotatable bonds is 11. The molecule has 0 saturated heterocycles. The van der Waals surface area contributed by atoms with Gasteiger partial charge >= 0.3 is 11.9 Å². The van der Waals surface area contributed by atoms with Crippen molar-refractivity contribution in [1.82, 2.24) is 4.98 Å². The molecule has 1 unspecified atom stereocenters. The van der Waals surface area contributed by atoms with Crippen molar-refractivity contribution in [1.29, 1.82) is 0 Å². The third-order valence-corrected chi connectivity index (χ3v) is 5.87. The van der Waals surface area contributed by atoms with E-state index in [1.165, 1.54) is 14.2 Å². The van der Waals surface area contributed by atoms with E-state index >= 15 is 0 Å². The number of methoxy groups -OCH3 is 2. The van der Waals surface area contributed by atoms with Crippen molar-refractivity contribution in [2.45, 2.75) is 58.6 Å². The molecule has 0 aliphatic carbocycles. The fraction of sp³-hybridized carbons (Fsp3) is 0.407. The van der Waals surface area contributed by atoms with Gasteiger partial charge in [0.25, 0.3) is 0 Å². The van der Waals surface area contributed by atoms with Crippen molar-refractivity contribution in [3.05, 3.63) is 75.5 Å². The number of H-pyrrole nitrogens is 1. The summed E-state index contributed by atoms with van der Waals surface area (Å²) in [6.45, 7) is 4.34. The highest BCUT2D eigenvalue weighted by molar-refractivity contribution is 5.86. The molecule has 0 spiro atoms. The summed E-state index contributed by atoms with van der Waals surface area (Å²) >= 11 is 0. The van der Waals surface area contributed by atoms with Crippen molar-refractivity contribution >= 4 is 22.8 Å². The van der Waals surface area contributed by atoms with Gasteiger partial charge in [-0.15, -0.1) is 0 Å². The smallest absolute Gasteiger partial charge is 0.305 e. The molecule has 0 radical (unpaired) electrons. The van der Waals surface area contributed by atoms with Crippen molar-refractivity contribution in [2.24, 2.45) is 0 Å². The molecule has 1 aromatic heterocycles. The van der Waals surface area contributed by atoms with Gasteiger partial charge in [0.1, 0.15) is 12.4 Å². The molecule has 0 aliphatic heterocycles. The van der Waals surface area contributed by atoms with Gasteiger partial charge in [0.05, 0.1) is 27.1 Å². The van der Waals surface area contributed by atoms with E-state index in [2.05, 4.69) is 16.6 Å². The zero-order chi connectivity index (χ0) is 26.5. The molecule has 1 heterocycles. The number of hydrogen-bond acceptors (Lipinski definition) is 7.